The highest BCUT2D eigenvalue weighted by Crippen LogP contribution is 2.39. The zero-order chi connectivity index (χ0) is 14.7. The first kappa shape index (κ1) is 15.2. The van der Waals surface area contributed by atoms with Gasteiger partial charge in [0, 0.05) is 16.7 Å². The van der Waals surface area contributed by atoms with Crippen LogP contribution >= 0.6 is 11.8 Å². The van der Waals surface area contributed by atoms with E-state index in [0.29, 0.717) is 12.1 Å². The van der Waals surface area contributed by atoms with Crippen molar-refractivity contribution in [2.75, 3.05) is 12.3 Å². The fraction of sp³-hybridized carbons (Fsp3) is 0.667. The first-order chi connectivity index (χ1) is 10.3. The lowest BCUT2D eigenvalue weighted by atomic mass is 9.77. The smallest absolute Gasteiger partial charge is 0.133 e. The van der Waals surface area contributed by atoms with Gasteiger partial charge in [-0.15, -0.1) is 11.8 Å². The quantitative estimate of drug-likeness (QED) is 0.894. The summed E-state index contributed by atoms with van der Waals surface area (Å²) in [7, 11) is 0. The normalized spacial score (nSPS) is 30.3. The minimum Gasteiger partial charge on any atom is -0.487 e. The lowest BCUT2D eigenvalue weighted by molar-refractivity contribution is 0.105. The predicted octanol–water partition coefficient (Wildman–Crippen LogP) is 4.34. The van der Waals surface area contributed by atoms with Crippen molar-refractivity contribution in [1.82, 2.24) is 5.32 Å². The van der Waals surface area contributed by atoms with Gasteiger partial charge in [0.15, 0.2) is 0 Å². The molecule has 116 valence electrons. The number of ether oxygens (including phenoxy) is 1. The van der Waals surface area contributed by atoms with Crippen molar-refractivity contribution >= 4 is 11.8 Å². The Labute approximate surface area is 133 Å². The lowest BCUT2D eigenvalue weighted by Gasteiger charge is -2.39. The number of rotatable bonds is 4. The molecule has 1 aromatic rings. The van der Waals surface area contributed by atoms with E-state index in [4.69, 9.17) is 4.74 Å². The van der Waals surface area contributed by atoms with E-state index < -0.39 is 0 Å². The van der Waals surface area contributed by atoms with E-state index >= 15 is 0 Å². The summed E-state index contributed by atoms with van der Waals surface area (Å²) < 4.78 is 6.35. The van der Waals surface area contributed by atoms with Crippen LogP contribution in [0.25, 0.3) is 0 Å². The Hall–Kier alpha value is -0.670. The molecule has 0 spiro atoms. The second kappa shape index (κ2) is 7.06. The van der Waals surface area contributed by atoms with E-state index in [0.717, 1.165) is 29.9 Å². The summed E-state index contributed by atoms with van der Waals surface area (Å²) in [4.78, 5) is 1.29. The summed E-state index contributed by atoms with van der Waals surface area (Å²) in [6.07, 6.45) is 5.79. The SMILES string of the molecule is CCNC(C1CCCC(C)C1)C1CSc2ccccc2O1. The van der Waals surface area contributed by atoms with Gasteiger partial charge in [-0.05, 0) is 43.4 Å². The van der Waals surface area contributed by atoms with Crippen molar-refractivity contribution in [3.05, 3.63) is 24.3 Å². The third-order valence-corrected chi connectivity index (χ3v) is 6.00. The zero-order valence-electron chi connectivity index (χ0n) is 13.2. The Balaban J connectivity index is 1.72. The Morgan fingerprint density at radius 2 is 2.19 bits per heavy atom. The van der Waals surface area contributed by atoms with Gasteiger partial charge in [0.25, 0.3) is 0 Å². The third-order valence-electron chi connectivity index (χ3n) is 4.86. The van der Waals surface area contributed by atoms with Crippen LogP contribution in [0.1, 0.15) is 39.5 Å². The van der Waals surface area contributed by atoms with E-state index in [1.165, 1.54) is 30.6 Å². The van der Waals surface area contributed by atoms with Crippen molar-refractivity contribution in [3.63, 3.8) is 0 Å². The van der Waals surface area contributed by atoms with Crippen molar-refractivity contribution in [2.24, 2.45) is 11.8 Å². The predicted molar refractivity (Wildman–Crippen MR) is 90.2 cm³/mol. The van der Waals surface area contributed by atoms with Crippen molar-refractivity contribution in [3.8, 4) is 5.75 Å². The minimum atomic E-state index is 0.306. The van der Waals surface area contributed by atoms with Gasteiger partial charge in [-0.3, -0.25) is 0 Å². The summed E-state index contributed by atoms with van der Waals surface area (Å²) in [5.41, 5.74) is 0. The van der Waals surface area contributed by atoms with Crippen LogP contribution in [0.4, 0.5) is 0 Å². The average Bonchev–Trinajstić information content (AvgIpc) is 2.52. The van der Waals surface area contributed by atoms with Crippen LogP contribution in [-0.4, -0.2) is 24.4 Å². The first-order valence-corrected chi connectivity index (χ1v) is 9.38. The van der Waals surface area contributed by atoms with Gasteiger partial charge < -0.3 is 10.1 Å². The van der Waals surface area contributed by atoms with E-state index in [9.17, 15) is 0 Å². The highest BCUT2D eigenvalue weighted by molar-refractivity contribution is 7.99. The fourth-order valence-electron chi connectivity index (χ4n) is 3.86. The van der Waals surface area contributed by atoms with Gasteiger partial charge >= 0.3 is 0 Å². The molecule has 0 amide bonds. The van der Waals surface area contributed by atoms with Crippen molar-refractivity contribution in [2.45, 2.75) is 56.6 Å². The number of thioether (sulfide) groups is 1. The summed E-state index contributed by atoms with van der Waals surface area (Å²) >= 11 is 1.95. The highest BCUT2D eigenvalue weighted by Gasteiger charge is 2.35. The maximum atomic E-state index is 6.35. The number of nitrogens with one attached hydrogen (secondary N) is 1. The summed E-state index contributed by atoms with van der Waals surface area (Å²) in [6.45, 7) is 5.64. The largest absolute Gasteiger partial charge is 0.487 e. The van der Waals surface area contributed by atoms with E-state index in [1.807, 2.05) is 11.8 Å². The van der Waals surface area contributed by atoms with Crippen molar-refractivity contribution < 1.29 is 4.74 Å². The van der Waals surface area contributed by atoms with Crippen LogP contribution in [0.15, 0.2) is 29.2 Å². The second-order valence-electron chi connectivity index (χ2n) is 6.53. The Morgan fingerprint density at radius 1 is 1.33 bits per heavy atom. The van der Waals surface area contributed by atoms with Crippen LogP contribution in [0.5, 0.6) is 5.75 Å². The molecular weight excluding hydrogens is 278 g/mol. The van der Waals surface area contributed by atoms with Gasteiger partial charge in [-0.1, -0.05) is 38.8 Å². The average molecular weight is 305 g/mol. The molecule has 1 heterocycles. The third kappa shape index (κ3) is 3.57. The molecule has 2 aliphatic rings. The van der Waals surface area contributed by atoms with Gasteiger partial charge in [0.05, 0.1) is 0 Å². The van der Waals surface area contributed by atoms with Crippen LogP contribution in [0, 0.1) is 11.8 Å². The Bertz CT molecular complexity index is 464. The van der Waals surface area contributed by atoms with Crippen LogP contribution in [0.3, 0.4) is 0 Å². The molecule has 0 saturated heterocycles. The number of likely N-dealkylation sites (N-methyl/N-ethyl adjacent to an activating group) is 1. The zero-order valence-corrected chi connectivity index (χ0v) is 14.0. The van der Waals surface area contributed by atoms with Crippen LogP contribution in [0.2, 0.25) is 0 Å². The lowest BCUT2D eigenvalue weighted by Crippen LogP contribution is -2.51. The number of benzene rings is 1. The van der Waals surface area contributed by atoms with Gasteiger partial charge in [0.1, 0.15) is 11.9 Å². The maximum Gasteiger partial charge on any atom is 0.133 e. The number of fused-ring (bicyclic) bond motifs is 1. The van der Waals surface area contributed by atoms with E-state index in [1.54, 1.807) is 0 Å². The molecule has 2 nitrogen and oxygen atoms in total. The summed E-state index contributed by atoms with van der Waals surface area (Å²) in [5.74, 6) is 3.78. The molecule has 1 aliphatic heterocycles. The van der Waals surface area contributed by atoms with E-state index in [2.05, 4.69) is 43.4 Å². The standard InChI is InChI=1S/C18H27NOS/c1-3-19-18(14-8-6-7-13(2)11-14)16-12-21-17-10-5-4-9-15(17)20-16/h4-5,9-10,13-14,16,18-19H,3,6-8,11-12H2,1-2H3. The fourth-order valence-corrected chi connectivity index (χ4v) is 4.91. The van der Waals surface area contributed by atoms with Gasteiger partial charge in [-0.25, -0.2) is 0 Å². The molecule has 1 aliphatic carbocycles. The molecule has 0 bridgehead atoms. The molecule has 1 fully saturated rings. The molecule has 0 aromatic heterocycles. The molecule has 3 heteroatoms. The molecule has 0 radical (unpaired) electrons. The molecule has 21 heavy (non-hydrogen) atoms. The molecule has 4 atom stereocenters. The molecule has 4 unspecified atom stereocenters. The monoisotopic (exact) mass is 305 g/mol. The second-order valence-corrected chi connectivity index (χ2v) is 7.59. The molecule has 1 saturated carbocycles. The molecular formula is C18H27NOS. The van der Waals surface area contributed by atoms with Crippen LogP contribution < -0.4 is 10.1 Å². The molecule has 1 aromatic carbocycles. The van der Waals surface area contributed by atoms with Gasteiger partial charge in [0.2, 0.25) is 0 Å². The minimum absolute atomic E-state index is 0.306. The number of hydrogen-bond donors (Lipinski definition) is 1. The van der Waals surface area contributed by atoms with Gasteiger partial charge in [-0.2, -0.15) is 0 Å². The highest BCUT2D eigenvalue weighted by atomic mass is 32.2. The van der Waals surface area contributed by atoms with Crippen LogP contribution in [-0.2, 0) is 0 Å². The molecule has 3 rings (SSSR count). The topological polar surface area (TPSA) is 21.3 Å². The Kier molecular flexibility index (Phi) is 5.12. The van der Waals surface area contributed by atoms with Crippen molar-refractivity contribution in [1.29, 1.82) is 0 Å². The molecule has 1 N–H and O–H groups in total. The summed E-state index contributed by atoms with van der Waals surface area (Å²) in [6, 6.07) is 8.95. The van der Waals surface area contributed by atoms with E-state index in [-0.39, 0.29) is 0 Å². The first-order valence-electron chi connectivity index (χ1n) is 8.39. The number of hydrogen-bond acceptors (Lipinski definition) is 3. The summed E-state index contributed by atoms with van der Waals surface area (Å²) in [5, 5.41) is 3.74. The maximum absolute atomic E-state index is 6.35. The Morgan fingerprint density at radius 3 is 3.00 bits per heavy atom. The number of para-hydroxylation sites is 1.